The molecule has 2 saturated carbocycles. The number of nitrogens with two attached hydrogens (primary N) is 1. The second kappa shape index (κ2) is 8.74. The van der Waals surface area contributed by atoms with Crippen LogP contribution < -0.4 is 11.1 Å². The first-order valence-corrected chi connectivity index (χ1v) is 8.86. The van der Waals surface area contributed by atoms with Gasteiger partial charge in [-0.1, -0.05) is 38.5 Å². The summed E-state index contributed by atoms with van der Waals surface area (Å²) < 4.78 is 6.00. The Labute approximate surface area is 129 Å². The smallest absolute Gasteiger partial charge is 0.249 e. The summed E-state index contributed by atoms with van der Waals surface area (Å²) in [5.74, 6) is 0.484. The number of hydrogen-bond acceptors (Lipinski definition) is 3. The predicted octanol–water partition coefficient (Wildman–Crippen LogP) is 2.75. The number of rotatable bonds is 5. The molecule has 2 aliphatic carbocycles. The molecular formula is C17H32N2O2. The molecular weight excluding hydrogens is 264 g/mol. The van der Waals surface area contributed by atoms with Crippen LogP contribution in [0.25, 0.3) is 0 Å². The van der Waals surface area contributed by atoms with Crippen molar-refractivity contribution in [3.8, 4) is 0 Å². The van der Waals surface area contributed by atoms with Crippen molar-refractivity contribution >= 4 is 5.91 Å². The fourth-order valence-corrected chi connectivity index (χ4v) is 3.71. The van der Waals surface area contributed by atoms with Crippen molar-refractivity contribution in [2.45, 2.75) is 89.4 Å². The first kappa shape index (κ1) is 16.8. The van der Waals surface area contributed by atoms with Crippen LogP contribution in [-0.2, 0) is 9.53 Å². The summed E-state index contributed by atoms with van der Waals surface area (Å²) in [6.07, 6.45) is 11.8. The van der Waals surface area contributed by atoms with Crippen molar-refractivity contribution in [1.29, 1.82) is 0 Å². The van der Waals surface area contributed by atoms with E-state index in [-0.39, 0.29) is 24.2 Å². The quantitative estimate of drug-likeness (QED) is 0.767. The summed E-state index contributed by atoms with van der Waals surface area (Å²) in [4.78, 5) is 12.4. The zero-order valence-corrected chi connectivity index (χ0v) is 13.5. The largest absolute Gasteiger partial charge is 0.365 e. The topological polar surface area (TPSA) is 64.3 Å². The molecule has 4 heteroatoms. The Kier molecular flexibility index (Phi) is 6.97. The third kappa shape index (κ3) is 5.26. The Balaban J connectivity index is 1.78. The lowest BCUT2D eigenvalue weighted by molar-refractivity contribution is -0.137. The van der Waals surface area contributed by atoms with Crippen molar-refractivity contribution in [1.82, 2.24) is 5.32 Å². The van der Waals surface area contributed by atoms with Gasteiger partial charge < -0.3 is 15.8 Å². The predicted molar refractivity (Wildman–Crippen MR) is 85.0 cm³/mol. The number of hydrogen-bond donors (Lipinski definition) is 2. The van der Waals surface area contributed by atoms with E-state index in [2.05, 4.69) is 5.32 Å². The van der Waals surface area contributed by atoms with Crippen molar-refractivity contribution in [3.05, 3.63) is 0 Å². The summed E-state index contributed by atoms with van der Waals surface area (Å²) in [5.41, 5.74) is 5.83. The highest BCUT2D eigenvalue weighted by molar-refractivity contribution is 5.80. The van der Waals surface area contributed by atoms with Gasteiger partial charge in [0.2, 0.25) is 5.91 Å². The van der Waals surface area contributed by atoms with Crippen LogP contribution in [0.3, 0.4) is 0 Å². The third-order valence-electron chi connectivity index (χ3n) is 5.11. The van der Waals surface area contributed by atoms with Gasteiger partial charge in [0, 0.05) is 6.04 Å². The van der Waals surface area contributed by atoms with Crippen LogP contribution in [0, 0.1) is 5.92 Å². The fourth-order valence-electron chi connectivity index (χ4n) is 3.71. The standard InChI is InChI=1S/C17H32N2O2/c1-13(21-15-9-4-2-3-5-10-15)17(20)19-16-11-7-6-8-14(16)12-18/h13-16H,2-12,18H2,1H3,(H,19,20). The molecule has 1 amide bonds. The zero-order valence-electron chi connectivity index (χ0n) is 13.5. The molecule has 21 heavy (non-hydrogen) atoms. The Hall–Kier alpha value is -0.610. The van der Waals surface area contributed by atoms with Crippen LogP contribution >= 0.6 is 0 Å². The van der Waals surface area contributed by atoms with Gasteiger partial charge in [0.25, 0.3) is 0 Å². The van der Waals surface area contributed by atoms with Crippen LogP contribution in [0.2, 0.25) is 0 Å². The maximum absolute atomic E-state index is 12.4. The Bertz CT molecular complexity index is 314. The Morgan fingerprint density at radius 3 is 2.38 bits per heavy atom. The van der Waals surface area contributed by atoms with Crippen LogP contribution in [0.5, 0.6) is 0 Å². The van der Waals surface area contributed by atoms with E-state index < -0.39 is 0 Å². The summed E-state index contributed by atoms with van der Waals surface area (Å²) in [7, 11) is 0. The molecule has 3 atom stereocenters. The maximum Gasteiger partial charge on any atom is 0.249 e. The molecule has 2 fully saturated rings. The lowest BCUT2D eigenvalue weighted by atomic mass is 9.84. The van der Waals surface area contributed by atoms with Gasteiger partial charge in [-0.3, -0.25) is 4.79 Å². The molecule has 0 aromatic rings. The highest BCUT2D eigenvalue weighted by Crippen LogP contribution is 2.24. The summed E-state index contributed by atoms with van der Waals surface area (Å²) >= 11 is 0. The van der Waals surface area contributed by atoms with Gasteiger partial charge >= 0.3 is 0 Å². The average Bonchev–Trinajstić information content (AvgIpc) is 2.76. The number of ether oxygens (including phenoxy) is 1. The zero-order chi connectivity index (χ0) is 15.1. The van der Waals surface area contributed by atoms with Crippen LogP contribution in [-0.4, -0.2) is 30.7 Å². The second-order valence-electron chi connectivity index (χ2n) is 6.79. The van der Waals surface area contributed by atoms with Gasteiger partial charge in [0.05, 0.1) is 6.10 Å². The van der Waals surface area contributed by atoms with Gasteiger partial charge in [-0.05, 0) is 45.1 Å². The molecule has 2 rings (SSSR count). The van der Waals surface area contributed by atoms with E-state index in [1.165, 1.54) is 38.5 Å². The van der Waals surface area contributed by atoms with E-state index in [0.29, 0.717) is 12.5 Å². The molecule has 122 valence electrons. The molecule has 0 spiro atoms. The summed E-state index contributed by atoms with van der Waals surface area (Å²) in [5, 5.41) is 3.18. The molecule has 0 aliphatic heterocycles. The lowest BCUT2D eigenvalue weighted by Gasteiger charge is -2.32. The SMILES string of the molecule is CC(OC1CCCCCC1)C(=O)NC1CCCCC1CN. The number of carbonyl (C=O) groups excluding carboxylic acids is 1. The molecule has 0 saturated heterocycles. The van der Waals surface area contributed by atoms with E-state index in [4.69, 9.17) is 10.5 Å². The van der Waals surface area contributed by atoms with Crippen molar-refractivity contribution in [3.63, 3.8) is 0 Å². The van der Waals surface area contributed by atoms with E-state index in [1.807, 2.05) is 6.92 Å². The highest BCUT2D eigenvalue weighted by atomic mass is 16.5. The van der Waals surface area contributed by atoms with Gasteiger partial charge in [-0.2, -0.15) is 0 Å². The minimum atomic E-state index is -0.339. The van der Waals surface area contributed by atoms with E-state index in [0.717, 1.165) is 25.7 Å². The monoisotopic (exact) mass is 296 g/mol. The first-order valence-electron chi connectivity index (χ1n) is 8.86. The van der Waals surface area contributed by atoms with Crippen molar-refractivity contribution < 1.29 is 9.53 Å². The Morgan fingerprint density at radius 2 is 1.71 bits per heavy atom. The highest BCUT2D eigenvalue weighted by Gasteiger charge is 2.28. The summed E-state index contributed by atoms with van der Waals surface area (Å²) in [6.45, 7) is 2.56. The molecule has 0 aromatic heterocycles. The van der Waals surface area contributed by atoms with Crippen molar-refractivity contribution in [2.75, 3.05) is 6.54 Å². The summed E-state index contributed by atoms with van der Waals surface area (Å²) in [6, 6.07) is 0.247. The Morgan fingerprint density at radius 1 is 1.10 bits per heavy atom. The van der Waals surface area contributed by atoms with Crippen LogP contribution in [0.1, 0.15) is 71.1 Å². The molecule has 3 unspecified atom stereocenters. The number of amides is 1. The number of nitrogens with one attached hydrogen (secondary N) is 1. The van der Waals surface area contributed by atoms with E-state index in [1.54, 1.807) is 0 Å². The van der Waals surface area contributed by atoms with Gasteiger partial charge in [0.15, 0.2) is 0 Å². The molecule has 2 aliphatic rings. The molecule has 3 N–H and O–H groups in total. The molecule has 0 heterocycles. The minimum absolute atomic E-state index is 0.0459. The number of carbonyl (C=O) groups is 1. The molecule has 0 bridgehead atoms. The van der Waals surface area contributed by atoms with Crippen LogP contribution in [0.15, 0.2) is 0 Å². The average molecular weight is 296 g/mol. The van der Waals surface area contributed by atoms with Crippen molar-refractivity contribution in [2.24, 2.45) is 11.7 Å². The van der Waals surface area contributed by atoms with Gasteiger partial charge in [-0.25, -0.2) is 0 Å². The van der Waals surface area contributed by atoms with Gasteiger partial charge in [0.1, 0.15) is 6.10 Å². The minimum Gasteiger partial charge on any atom is -0.365 e. The molecule has 4 nitrogen and oxygen atoms in total. The van der Waals surface area contributed by atoms with Crippen LogP contribution in [0.4, 0.5) is 0 Å². The molecule has 0 aromatic carbocycles. The maximum atomic E-state index is 12.4. The van der Waals surface area contributed by atoms with E-state index >= 15 is 0 Å². The second-order valence-corrected chi connectivity index (χ2v) is 6.79. The van der Waals surface area contributed by atoms with E-state index in [9.17, 15) is 4.79 Å². The molecule has 0 radical (unpaired) electrons. The first-order chi connectivity index (χ1) is 10.2. The lowest BCUT2D eigenvalue weighted by Crippen LogP contribution is -2.48. The normalized spacial score (nSPS) is 29.6. The van der Waals surface area contributed by atoms with Gasteiger partial charge in [-0.15, -0.1) is 0 Å². The third-order valence-corrected chi connectivity index (χ3v) is 5.11. The fraction of sp³-hybridized carbons (Fsp3) is 0.941.